The molecule has 1 nitrogen and oxygen atoms in total. The molecule has 0 amide bonds. The molecule has 1 heterocycles. The van der Waals surface area contributed by atoms with Crippen molar-refractivity contribution < 1.29 is 27.3 Å². The molecule has 1 saturated heterocycles. The molecule has 1 aliphatic heterocycles. The Labute approximate surface area is 101 Å². The minimum Gasteiger partial charge on any atom is -0.332 e. The second kappa shape index (κ2) is 4.19. The molecule has 18 heavy (non-hydrogen) atoms. The van der Waals surface area contributed by atoms with Crippen molar-refractivity contribution in [3.05, 3.63) is 35.9 Å². The third kappa shape index (κ3) is 1.79. The van der Waals surface area contributed by atoms with E-state index in [0.717, 1.165) is 5.32 Å². The molecule has 100 valence electrons. The summed E-state index contributed by atoms with van der Waals surface area (Å²) in [6.07, 6.45) is -5.37. The SMILES string of the molecule is FC(F)(F)C(F)(F)[C@@]1(c2ccccc2)CCC[NH2+]1. The Morgan fingerprint density at radius 3 is 2.06 bits per heavy atom. The maximum absolute atomic E-state index is 13.8. The Morgan fingerprint density at radius 2 is 1.61 bits per heavy atom. The summed E-state index contributed by atoms with van der Waals surface area (Å²) >= 11 is 0. The molecule has 2 rings (SSSR count). The van der Waals surface area contributed by atoms with Crippen molar-refractivity contribution in [1.82, 2.24) is 0 Å². The van der Waals surface area contributed by atoms with Crippen LogP contribution in [0.15, 0.2) is 30.3 Å². The van der Waals surface area contributed by atoms with Crippen molar-refractivity contribution in [1.29, 1.82) is 0 Å². The summed E-state index contributed by atoms with van der Waals surface area (Å²) in [5.74, 6) is -4.74. The maximum atomic E-state index is 13.8. The summed E-state index contributed by atoms with van der Waals surface area (Å²) < 4.78 is 65.6. The van der Waals surface area contributed by atoms with Gasteiger partial charge in [-0.2, -0.15) is 22.0 Å². The molecule has 1 aromatic carbocycles. The van der Waals surface area contributed by atoms with Crippen molar-refractivity contribution in [3.63, 3.8) is 0 Å². The van der Waals surface area contributed by atoms with Crippen LogP contribution in [0.3, 0.4) is 0 Å². The highest BCUT2D eigenvalue weighted by molar-refractivity contribution is 5.26. The third-order valence-electron chi connectivity index (χ3n) is 3.47. The van der Waals surface area contributed by atoms with E-state index in [0.29, 0.717) is 6.42 Å². The van der Waals surface area contributed by atoms with Crippen LogP contribution in [0.4, 0.5) is 22.0 Å². The number of hydrogen-bond donors (Lipinski definition) is 1. The number of hydrogen-bond acceptors (Lipinski definition) is 0. The first-order chi connectivity index (χ1) is 8.31. The molecule has 6 heteroatoms. The highest BCUT2D eigenvalue weighted by Crippen LogP contribution is 2.49. The fourth-order valence-corrected chi connectivity index (χ4v) is 2.55. The first-order valence-corrected chi connectivity index (χ1v) is 5.66. The van der Waals surface area contributed by atoms with Crippen LogP contribution in [0, 0.1) is 0 Å². The molecule has 0 aromatic heterocycles. The first kappa shape index (κ1) is 13.3. The predicted octanol–water partition coefficient (Wildman–Crippen LogP) is 2.44. The van der Waals surface area contributed by atoms with Crippen molar-refractivity contribution in [2.75, 3.05) is 6.54 Å². The van der Waals surface area contributed by atoms with Crippen molar-refractivity contribution >= 4 is 0 Å². The molecule has 1 fully saturated rings. The Morgan fingerprint density at radius 1 is 1.00 bits per heavy atom. The van der Waals surface area contributed by atoms with E-state index in [-0.39, 0.29) is 18.5 Å². The lowest BCUT2D eigenvalue weighted by molar-refractivity contribution is -0.744. The molecule has 0 aliphatic carbocycles. The summed E-state index contributed by atoms with van der Waals surface area (Å²) in [5.41, 5.74) is -2.18. The normalized spacial score (nSPS) is 25.4. The van der Waals surface area contributed by atoms with Gasteiger partial charge in [-0.15, -0.1) is 0 Å². The zero-order valence-corrected chi connectivity index (χ0v) is 9.48. The van der Waals surface area contributed by atoms with Gasteiger partial charge in [0.25, 0.3) is 0 Å². The number of rotatable bonds is 2. The van der Waals surface area contributed by atoms with E-state index in [1.54, 1.807) is 6.07 Å². The summed E-state index contributed by atoms with van der Waals surface area (Å²) in [6, 6.07) is 7.23. The lowest BCUT2D eigenvalue weighted by atomic mass is 9.82. The summed E-state index contributed by atoms with van der Waals surface area (Å²) in [7, 11) is 0. The molecule has 0 unspecified atom stereocenters. The van der Waals surface area contributed by atoms with Gasteiger partial charge in [0.2, 0.25) is 0 Å². The van der Waals surface area contributed by atoms with Crippen molar-refractivity contribution in [2.24, 2.45) is 0 Å². The van der Waals surface area contributed by atoms with Crippen LogP contribution < -0.4 is 5.32 Å². The van der Waals surface area contributed by atoms with Gasteiger partial charge in [0.15, 0.2) is 5.54 Å². The molecule has 1 aromatic rings. The fourth-order valence-electron chi connectivity index (χ4n) is 2.55. The van der Waals surface area contributed by atoms with Crippen LogP contribution in [0.5, 0.6) is 0 Å². The molecule has 1 atom stereocenters. The molecular formula is C12H13F5N+. The van der Waals surface area contributed by atoms with Crippen LogP contribution in [0.1, 0.15) is 18.4 Å². The number of quaternary nitrogens is 1. The van der Waals surface area contributed by atoms with Crippen molar-refractivity contribution in [2.45, 2.75) is 30.5 Å². The van der Waals surface area contributed by atoms with E-state index < -0.39 is 17.6 Å². The van der Waals surface area contributed by atoms with Gasteiger partial charge in [0.05, 0.1) is 6.54 Å². The Hall–Kier alpha value is -1.17. The van der Waals surface area contributed by atoms with Crippen LogP contribution in [-0.4, -0.2) is 18.6 Å². The van der Waals surface area contributed by atoms with E-state index in [2.05, 4.69) is 0 Å². The van der Waals surface area contributed by atoms with Crippen LogP contribution in [0.25, 0.3) is 0 Å². The summed E-state index contributed by atoms with van der Waals surface area (Å²) in [5, 5.41) is 1.12. The topological polar surface area (TPSA) is 16.6 Å². The minimum absolute atomic E-state index is 0.0322. The Balaban J connectivity index is 2.52. The van der Waals surface area contributed by atoms with Crippen LogP contribution in [-0.2, 0) is 5.54 Å². The molecule has 0 radical (unpaired) electrons. The number of halogens is 5. The average molecular weight is 266 g/mol. The molecule has 0 saturated carbocycles. The van der Waals surface area contributed by atoms with Gasteiger partial charge in [-0.3, -0.25) is 0 Å². The van der Waals surface area contributed by atoms with Crippen LogP contribution in [0.2, 0.25) is 0 Å². The molecule has 0 spiro atoms. The zero-order chi connectivity index (χ0) is 13.4. The third-order valence-corrected chi connectivity index (χ3v) is 3.47. The van der Waals surface area contributed by atoms with Crippen LogP contribution >= 0.6 is 0 Å². The Kier molecular flexibility index (Phi) is 3.09. The molecule has 2 N–H and O–H groups in total. The number of nitrogens with two attached hydrogens (primary N) is 1. The number of benzene rings is 1. The highest BCUT2D eigenvalue weighted by Gasteiger charge is 2.74. The van der Waals surface area contributed by atoms with E-state index in [9.17, 15) is 22.0 Å². The lowest BCUT2D eigenvalue weighted by Crippen LogP contribution is -2.96. The second-order valence-electron chi connectivity index (χ2n) is 4.51. The fraction of sp³-hybridized carbons (Fsp3) is 0.500. The summed E-state index contributed by atoms with van der Waals surface area (Å²) in [4.78, 5) is 0. The van der Waals surface area contributed by atoms with Gasteiger partial charge in [0.1, 0.15) is 0 Å². The second-order valence-corrected chi connectivity index (χ2v) is 4.51. The first-order valence-electron chi connectivity index (χ1n) is 5.66. The summed E-state index contributed by atoms with van der Waals surface area (Å²) in [6.45, 7) is 0.278. The number of alkyl halides is 5. The molecular weight excluding hydrogens is 253 g/mol. The average Bonchev–Trinajstić information content (AvgIpc) is 2.79. The zero-order valence-electron chi connectivity index (χ0n) is 9.48. The van der Waals surface area contributed by atoms with E-state index in [1.807, 2.05) is 0 Å². The smallest absolute Gasteiger partial charge is 0.332 e. The quantitative estimate of drug-likeness (QED) is 0.792. The standard InChI is InChI=1S/C12H12F5N/c13-11(14,12(15,16)17)10(7-4-8-18-10)9-5-2-1-3-6-9/h1-3,5-6,18H,4,7-8H2/p+1/t10-/m0/s1. The molecule has 0 bridgehead atoms. The van der Waals surface area contributed by atoms with E-state index in [1.165, 1.54) is 24.3 Å². The molecule has 1 aliphatic rings. The van der Waals surface area contributed by atoms with Gasteiger partial charge in [-0.25, -0.2) is 0 Å². The minimum atomic E-state index is -5.54. The monoisotopic (exact) mass is 266 g/mol. The van der Waals surface area contributed by atoms with Gasteiger partial charge < -0.3 is 5.32 Å². The van der Waals surface area contributed by atoms with E-state index >= 15 is 0 Å². The predicted molar refractivity (Wildman–Crippen MR) is 55.1 cm³/mol. The lowest BCUT2D eigenvalue weighted by Gasteiger charge is -2.35. The largest absolute Gasteiger partial charge is 0.460 e. The van der Waals surface area contributed by atoms with Gasteiger partial charge in [-0.1, -0.05) is 30.3 Å². The van der Waals surface area contributed by atoms with Gasteiger partial charge >= 0.3 is 12.1 Å². The van der Waals surface area contributed by atoms with Gasteiger partial charge in [-0.05, 0) is 0 Å². The maximum Gasteiger partial charge on any atom is 0.460 e. The van der Waals surface area contributed by atoms with Crippen molar-refractivity contribution in [3.8, 4) is 0 Å². The highest BCUT2D eigenvalue weighted by atomic mass is 19.4. The van der Waals surface area contributed by atoms with E-state index in [4.69, 9.17) is 0 Å². The van der Waals surface area contributed by atoms with Gasteiger partial charge in [0, 0.05) is 18.4 Å². The Bertz CT molecular complexity index is 406.